The molecule has 0 bridgehead atoms. The number of hydrogen-bond donors (Lipinski definition) is 0. The summed E-state index contributed by atoms with van der Waals surface area (Å²) in [7, 11) is 0. The summed E-state index contributed by atoms with van der Waals surface area (Å²) in [6.45, 7) is 2.06. The quantitative estimate of drug-likeness (QED) is 0.101. The molecule has 0 saturated heterocycles. The molecule has 1 aliphatic carbocycles. The van der Waals surface area contributed by atoms with Gasteiger partial charge in [0.2, 0.25) is 0 Å². The molecule has 0 heterocycles. The smallest absolute Gasteiger partial charge is 0.153 e. The van der Waals surface area contributed by atoms with Gasteiger partial charge in [0, 0.05) is 5.92 Å². The Kier molecular flexibility index (Phi) is 12.2. The van der Waals surface area contributed by atoms with Gasteiger partial charge in [0.1, 0.15) is 24.1 Å². The molecule has 48 heavy (non-hydrogen) atoms. The Morgan fingerprint density at radius 1 is 0.500 bits per heavy atom. The van der Waals surface area contributed by atoms with Gasteiger partial charge in [-0.15, -0.1) is 0 Å². The predicted molar refractivity (Wildman–Crippen MR) is 186 cm³/mol. The highest BCUT2D eigenvalue weighted by molar-refractivity contribution is 5.79. The van der Waals surface area contributed by atoms with Crippen LogP contribution < -0.4 is 4.74 Å². The Bertz CT molecular complexity index is 1650. The third kappa shape index (κ3) is 9.27. The van der Waals surface area contributed by atoms with Crippen LogP contribution in [0.25, 0.3) is 0 Å². The van der Waals surface area contributed by atoms with E-state index in [0.717, 1.165) is 28.5 Å². The number of aldehydes is 1. The van der Waals surface area contributed by atoms with Gasteiger partial charge < -0.3 is 23.7 Å². The van der Waals surface area contributed by atoms with Crippen molar-refractivity contribution in [3.8, 4) is 5.75 Å². The Labute approximate surface area is 283 Å². The molecule has 0 N–H and O–H groups in total. The van der Waals surface area contributed by atoms with Crippen LogP contribution in [0.3, 0.4) is 0 Å². The summed E-state index contributed by atoms with van der Waals surface area (Å²) in [6, 6.07) is 47.8. The summed E-state index contributed by atoms with van der Waals surface area (Å²) in [5.74, 6) is 0.420. The normalized spacial score (nSPS) is 20.6. The maximum Gasteiger partial charge on any atom is 0.153 e. The van der Waals surface area contributed by atoms with Gasteiger partial charge in [0.05, 0.1) is 44.7 Å². The first-order valence-corrected chi connectivity index (χ1v) is 16.6. The fourth-order valence-corrected chi connectivity index (χ4v) is 6.18. The molecule has 6 rings (SSSR count). The molecule has 6 heteroatoms. The number of para-hydroxylation sites is 1. The second-order valence-corrected chi connectivity index (χ2v) is 12.1. The van der Waals surface area contributed by atoms with Crippen LogP contribution in [0.1, 0.15) is 39.0 Å². The van der Waals surface area contributed by atoms with Gasteiger partial charge in [0.25, 0.3) is 0 Å². The first-order chi connectivity index (χ1) is 23.8. The summed E-state index contributed by atoms with van der Waals surface area (Å²) in [4.78, 5) is 12.0. The van der Waals surface area contributed by atoms with Crippen LogP contribution in [0.5, 0.6) is 5.75 Å². The second kappa shape index (κ2) is 17.5. The lowest BCUT2D eigenvalue weighted by Gasteiger charge is -2.46. The lowest BCUT2D eigenvalue weighted by molar-refractivity contribution is -0.220. The molecule has 5 atom stereocenters. The number of carbonyl (C=O) groups excluding carboxylic acids is 1. The third-order valence-corrected chi connectivity index (χ3v) is 8.64. The van der Waals surface area contributed by atoms with Gasteiger partial charge in [-0.1, -0.05) is 133 Å². The zero-order valence-electron chi connectivity index (χ0n) is 27.0. The summed E-state index contributed by atoms with van der Waals surface area (Å²) in [5, 5.41) is 0. The highest BCUT2D eigenvalue weighted by atomic mass is 16.6. The molecule has 1 saturated carbocycles. The first-order valence-electron chi connectivity index (χ1n) is 16.6. The van der Waals surface area contributed by atoms with Crippen LogP contribution in [-0.4, -0.2) is 37.3 Å². The Morgan fingerprint density at radius 2 is 0.938 bits per heavy atom. The van der Waals surface area contributed by atoms with Crippen LogP contribution in [0, 0.1) is 5.92 Å². The molecule has 6 nitrogen and oxygen atoms in total. The fraction of sp³-hybridized carbons (Fsp3) is 0.262. The molecule has 0 unspecified atom stereocenters. The van der Waals surface area contributed by atoms with E-state index in [9.17, 15) is 4.79 Å². The first kappa shape index (κ1) is 33.3. The second-order valence-electron chi connectivity index (χ2n) is 12.1. The maximum atomic E-state index is 12.0. The van der Waals surface area contributed by atoms with Crippen LogP contribution in [-0.2, 0) is 45.4 Å². The van der Waals surface area contributed by atoms with E-state index in [2.05, 4.69) is 36.4 Å². The molecular formula is C42H42O6. The molecule has 0 spiro atoms. The van der Waals surface area contributed by atoms with Crippen molar-refractivity contribution in [1.82, 2.24) is 0 Å². The van der Waals surface area contributed by atoms with Crippen molar-refractivity contribution in [3.05, 3.63) is 173 Å². The van der Waals surface area contributed by atoms with Crippen molar-refractivity contribution >= 4 is 6.29 Å². The van der Waals surface area contributed by atoms with Crippen LogP contribution >= 0.6 is 0 Å². The van der Waals surface area contributed by atoms with Gasteiger partial charge in [-0.3, -0.25) is 4.79 Å². The number of ether oxygens (including phenoxy) is 5. The Balaban J connectivity index is 1.34. The molecule has 5 aromatic rings. The van der Waals surface area contributed by atoms with Crippen molar-refractivity contribution in [1.29, 1.82) is 0 Å². The average Bonchev–Trinajstić information content (AvgIpc) is 3.15. The van der Waals surface area contributed by atoms with E-state index in [0.29, 0.717) is 50.8 Å². The topological polar surface area (TPSA) is 63.2 Å². The van der Waals surface area contributed by atoms with Gasteiger partial charge in [-0.05, 0) is 40.8 Å². The Hall–Kier alpha value is -4.59. The van der Waals surface area contributed by atoms with Crippen molar-refractivity contribution < 1.29 is 28.5 Å². The van der Waals surface area contributed by atoms with Crippen molar-refractivity contribution in [2.75, 3.05) is 6.61 Å². The zero-order valence-corrected chi connectivity index (χ0v) is 27.0. The standard InChI is InChI=1S/C42H42O6/c43-26-36-23-13-14-24-38(36)48-39-25-37(31-44-27-32-15-5-1-6-16-32)40(45-28-33-17-7-2-8-18-33)42(47-30-35-21-11-4-12-22-35)41(39)46-29-34-19-9-3-10-20-34/h1-24,26,37,39-42H,25,27-31H2/t37-,39-,40-,41+,42+/m1/s1. The van der Waals surface area contributed by atoms with E-state index >= 15 is 0 Å². The molecule has 1 fully saturated rings. The van der Waals surface area contributed by atoms with Crippen molar-refractivity contribution in [2.24, 2.45) is 5.92 Å². The van der Waals surface area contributed by atoms with E-state index in [1.165, 1.54) is 0 Å². The third-order valence-electron chi connectivity index (χ3n) is 8.64. The molecule has 0 radical (unpaired) electrons. The monoisotopic (exact) mass is 642 g/mol. The Morgan fingerprint density at radius 3 is 1.46 bits per heavy atom. The summed E-state index contributed by atoms with van der Waals surface area (Å²) in [5.41, 5.74) is 4.75. The van der Waals surface area contributed by atoms with Crippen LogP contribution in [0.4, 0.5) is 0 Å². The lowest BCUT2D eigenvalue weighted by atomic mass is 9.80. The summed E-state index contributed by atoms with van der Waals surface area (Å²) in [6.07, 6.45) is -0.436. The van der Waals surface area contributed by atoms with Crippen LogP contribution in [0.2, 0.25) is 0 Å². The minimum atomic E-state index is -0.514. The number of rotatable bonds is 16. The summed E-state index contributed by atoms with van der Waals surface area (Å²) < 4.78 is 33.5. The lowest BCUT2D eigenvalue weighted by Crippen LogP contribution is -2.59. The van der Waals surface area contributed by atoms with E-state index in [4.69, 9.17) is 23.7 Å². The molecular weight excluding hydrogens is 600 g/mol. The van der Waals surface area contributed by atoms with Gasteiger partial charge in [-0.25, -0.2) is 0 Å². The average molecular weight is 643 g/mol. The van der Waals surface area contributed by atoms with E-state index in [-0.39, 0.29) is 12.0 Å². The van der Waals surface area contributed by atoms with Crippen molar-refractivity contribution in [2.45, 2.75) is 57.3 Å². The highest BCUT2D eigenvalue weighted by Crippen LogP contribution is 2.37. The molecule has 0 amide bonds. The van der Waals surface area contributed by atoms with Crippen molar-refractivity contribution in [3.63, 3.8) is 0 Å². The van der Waals surface area contributed by atoms with Gasteiger partial charge >= 0.3 is 0 Å². The molecule has 246 valence electrons. The fourth-order valence-electron chi connectivity index (χ4n) is 6.18. The minimum Gasteiger partial charge on any atom is -0.487 e. The summed E-state index contributed by atoms with van der Waals surface area (Å²) >= 11 is 0. The predicted octanol–water partition coefficient (Wildman–Crippen LogP) is 8.24. The van der Waals surface area contributed by atoms with E-state index in [1.54, 1.807) is 6.07 Å². The molecule has 1 aliphatic rings. The number of hydrogen-bond acceptors (Lipinski definition) is 6. The van der Waals surface area contributed by atoms with Gasteiger partial charge in [-0.2, -0.15) is 0 Å². The SMILES string of the molecule is O=Cc1ccccc1O[C@@H]1C[C@H](COCc2ccccc2)[C@@H](OCc2ccccc2)[C@H](OCc2ccccc2)[C@H]1OCc1ccccc1. The van der Waals surface area contributed by atoms with E-state index in [1.807, 2.05) is 103 Å². The molecule has 0 aromatic heterocycles. The number of carbonyl (C=O) groups is 1. The molecule has 5 aromatic carbocycles. The zero-order chi connectivity index (χ0) is 32.8. The number of benzene rings is 5. The van der Waals surface area contributed by atoms with E-state index < -0.39 is 18.3 Å². The van der Waals surface area contributed by atoms with Gasteiger partial charge in [0.15, 0.2) is 6.29 Å². The highest BCUT2D eigenvalue weighted by Gasteiger charge is 2.48. The largest absolute Gasteiger partial charge is 0.487 e. The van der Waals surface area contributed by atoms with Crippen LogP contribution in [0.15, 0.2) is 146 Å². The molecule has 0 aliphatic heterocycles. The minimum absolute atomic E-state index is 0.0943. The maximum absolute atomic E-state index is 12.0.